The van der Waals surface area contributed by atoms with Crippen LogP contribution in [0.15, 0.2) is 36.4 Å². The van der Waals surface area contributed by atoms with E-state index in [0.717, 1.165) is 37.7 Å². The summed E-state index contributed by atoms with van der Waals surface area (Å²) in [5, 5.41) is 9.98. The van der Waals surface area contributed by atoms with Gasteiger partial charge in [0.05, 0.1) is 19.1 Å². The predicted molar refractivity (Wildman–Crippen MR) is 125 cm³/mol. The highest BCUT2D eigenvalue weighted by atomic mass is 19.1. The molecule has 0 unspecified atom stereocenters. The second kappa shape index (κ2) is 11.3. The van der Waals surface area contributed by atoms with Crippen molar-refractivity contribution >= 4 is 11.8 Å². The number of ether oxygens (including phenoxy) is 2. The molecule has 3 rings (SSSR count). The Bertz CT molecular complexity index is 976. The SMILES string of the molecule is COc1ccc(C(=O)CC2(C(=O)O)CCCCCCC2)cc1OCCc1cc(C)ccc1F. The number of carbonyl (C=O) groups excluding carboxylic acids is 1. The Kier molecular flexibility index (Phi) is 8.48. The third-order valence-electron chi connectivity index (χ3n) is 6.58. The van der Waals surface area contributed by atoms with E-state index in [1.54, 1.807) is 30.3 Å². The molecular weight excluding hydrogens is 423 g/mol. The van der Waals surface area contributed by atoms with Crippen LogP contribution < -0.4 is 9.47 Å². The lowest BCUT2D eigenvalue weighted by molar-refractivity contribution is -0.150. The van der Waals surface area contributed by atoms with E-state index in [-0.39, 0.29) is 24.6 Å². The molecule has 33 heavy (non-hydrogen) atoms. The third-order valence-corrected chi connectivity index (χ3v) is 6.58. The van der Waals surface area contributed by atoms with Gasteiger partial charge in [-0.1, -0.05) is 49.8 Å². The number of ketones is 1. The Morgan fingerprint density at radius 3 is 2.36 bits per heavy atom. The van der Waals surface area contributed by atoms with Crippen LogP contribution in [0.1, 0.15) is 72.9 Å². The zero-order chi connectivity index (χ0) is 23.8. The number of carboxylic acid groups (broad SMARTS) is 1. The highest BCUT2D eigenvalue weighted by Crippen LogP contribution is 2.39. The number of methoxy groups -OCH3 is 1. The van der Waals surface area contributed by atoms with Gasteiger partial charge in [0.25, 0.3) is 0 Å². The van der Waals surface area contributed by atoms with Crippen LogP contribution >= 0.6 is 0 Å². The minimum atomic E-state index is -1.01. The number of rotatable bonds is 9. The second-order valence-electron chi connectivity index (χ2n) is 9.01. The fourth-order valence-corrected chi connectivity index (χ4v) is 4.59. The van der Waals surface area contributed by atoms with Crippen LogP contribution in [0.25, 0.3) is 0 Å². The van der Waals surface area contributed by atoms with Crippen molar-refractivity contribution in [3.05, 3.63) is 58.9 Å². The number of aliphatic carboxylic acids is 1. The maximum Gasteiger partial charge on any atom is 0.310 e. The van der Waals surface area contributed by atoms with Crippen molar-refractivity contribution in [3.63, 3.8) is 0 Å². The summed E-state index contributed by atoms with van der Waals surface area (Å²) >= 11 is 0. The Balaban J connectivity index is 1.73. The van der Waals surface area contributed by atoms with Gasteiger partial charge in [0.1, 0.15) is 5.82 Å². The molecule has 1 fully saturated rings. The fourth-order valence-electron chi connectivity index (χ4n) is 4.59. The molecular formula is C27H33FO5. The van der Waals surface area contributed by atoms with Gasteiger partial charge in [-0.05, 0) is 49.6 Å². The lowest BCUT2D eigenvalue weighted by atomic mass is 9.72. The topological polar surface area (TPSA) is 72.8 Å². The highest BCUT2D eigenvalue weighted by molar-refractivity contribution is 5.99. The smallest absolute Gasteiger partial charge is 0.310 e. The first-order chi connectivity index (χ1) is 15.8. The summed E-state index contributed by atoms with van der Waals surface area (Å²) in [6.45, 7) is 2.12. The summed E-state index contributed by atoms with van der Waals surface area (Å²) < 4.78 is 25.2. The molecule has 0 aliphatic heterocycles. The Labute approximate surface area is 194 Å². The maximum atomic E-state index is 14.0. The first-order valence-corrected chi connectivity index (χ1v) is 11.7. The minimum Gasteiger partial charge on any atom is -0.493 e. The largest absolute Gasteiger partial charge is 0.493 e. The maximum absolute atomic E-state index is 14.0. The summed E-state index contributed by atoms with van der Waals surface area (Å²) in [6.07, 6.45) is 6.18. The number of carboxylic acids is 1. The zero-order valence-electron chi connectivity index (χ0n) is 19.5. The first-order valence-electron chi connectivity index (χ1n) is 11.7. The van der Waals surface area contributed by atoms with Crippen LogP contribution in [-0.4, -0.2) is 30.6 Å². The number of hydrogen-bond donors (Lipinski definition) is 1. The van der Waals surface area contributed by atoms with Gasteiger partial charge < -0.3 is 14.6 Å². The van der Waals surface area contributed by atoms with E-state index < -0.39 is 11.4 Å². The molecule has 0 spiro atoms. The number of halogens is 1. The number of aryl methyl sites for hydroxylation is 1. The van der Waals surface area contributed by atoms with Crippen LogP contribution in [0.5, 0.6) is 11.5 Å². The molecule has 178 valence electrons. The van der Waals surface area contributed by atoms with Crippen molar-refractivity contribution in [2.45, 2.75) is 64.7 Å². The zero-order valence-corrected chi connectivity index (χ0v) is 19.5. The van der Waals surface area contributed by atoms with Crippen molar-refractivity contribution in [3.8, 4) is 11.5 Å². The number of hydrogen-bond acceptors (Lipinski definition) is 4. The van der Waals surface area contributed by atoms with Crippen LogP contribution in [0.4, 0.5) is 4.39 Å². The molecule has 0 bridgehead atoms. The molecule has 1 N–H and O–H groups in total. The number of benzene rings is 2. The van der Waals surface area contributed by atoms with Gasteiger partial charge in [-0.3, -0.25) is 9.59 Å². The van der Waals surface area contributed by atoms with E-state index in [9.17, 15) is 19.1 Å². The summed E-state index contributed by atoms with van der Waals surface area (Å²) in [6, 6.07) is 9.85. The van der Waals surface area contributed by atoms with E-state index in [4.69, 9.17) is 9.47 Å². The molecule has 1 aliphatic carbocycles. The van der Waals surface area contributed by atoms with Gasteiger partial charge in [0.2, 0.25) is 0 Å². The first kappa shape index (κ1) is 24.7. The number of carbonyl (C=O) groups is 2. The summed E-state index contributed by atoms with van der Waals surface area (Å²) in [4.78, 5) is 25.3. The van der Waals surface area contributed by atoms with Crippen LogP contribution in [0.3, 0.4) is 0 Å². The van der Waals surface area contributed by atoms with E-state index in [1.165, 1.54) is 13.2 Å². The molecule has 2 aromatic carbocycles. The molecule has 0 saturated heterocycles. The van der Waals surface area contributed by atoms with Gasteiger partial charge in [-0.25, -0.2) is 4.39 Å². The van der Waals surface area contributed by atoms with Crippen LogP contribution in [0.2, 0.25) is 0 Å². The fraction of sp³-hybridized carbons (Fsp3) is 0.481. The Hall–Kier alpha value is -2.89. The summed E-state index contributed by atoms with van der Waals surface area (Å²) in [7, 11) is 1.51. The summed E-state index contributed by atoms with van der Waals surface area (Å²) in [5.41, 5.74) is 0.920. The molecule has 0 amide bonds. The standard InChI is InChI=1S/C27H33FO5/c1-19-8-10-22(28)20(16-19)12-15-33-25-17-21(9-11-24(25)32-2)23(29)18-27(26(30)31)13-6-4-3-5-7-14-27/h8-11,16-17H,3-7,12-15,18H2,1-2H3,(H,30,31). The molecule has 1 saturated carbocycles. The number of Topliss-reactive ketones (excluding diaryl/α,β-unsaturated/α-hetero) is 1. The van der Waals surface area contributed by atoms with Gasteiger partial charge in [0.15, 0.2) is 17.3 Å². The predicted octanol–water partition coefficient (Wildman–Crippen LogP) is 6.15. The van der Waals surface area contributed by atoms with Gasteiger partial charge in [0, 0.05) is 18.4 Å². The van der Waals surface area contributed by atoms with E-state index in [1.807, 2.05) is 6.92 Å². The Morgan fingerprint density at radius 1 is 1.00 bits per heavy atom. The average molecular weight is 457 g/mol. The van der Waals surface area contributed by atoms with E-state index in [0.29, 0.717) is 41.9 Å². The van der Waals surface area contributed by atoms with Crippen molar-refractivity contribution < 1.29 is 28.6 Å². The van der Waals surface area contributed by atoms with Crippen molar-refractivity contribution in [2.75, 3.05) is 13.7 Å². The van der Waals surface area contributed by atoms with E-state index in [2.05, 4.69) is 0 Å². The van der Waals surface area contributed by atoms with Gasteiger partial charge in [-0.2, -0.15) is 0 Å². The molecule has 6 heteroatoms. The molecule has 2 aromatic rings. The van der Waals surface area contributed by atoms with E-state index >= 15 is 0 Å². The van der Waals surface area contributed by atoms with Crippen LogP contribution in [0, 0.1) is 18.2 Å². The Morgan fingerprint density at radius 2 is 1.70 bits per heavy atom. The summed E-state index contributed by atoms with van der Waals surface area (Å²) in [5.74, 6) is -0.523. The molecule has 5 nitrogen and oxygen atoms in total. The lowest BCUT2D eigenvalue weighted by Crippen LogP contribution is -2.34. The molecule has 0 heterocycles. The van der Waals surface area contributed by atoms with Gasteiger partial charge >= 0.3 is 5.97 Å². The monoisotopic (exact) mass is 456 g/mol. The van der Waals surface area contributed by atoms with Crippen LogP contribution in [-0.2, 0) is 11.2 Å². The van der Waals surface area contributed by atoms with Crippen molar-refractivity contribution in [2.24, 2.45) is 5.41 Å². The van der Waals surface area contributed by atoms with Crippen molar-refractivity contribution in [1.29, 1.82) is 0 Å². The lowest BCUT2D eigenvalue weighted by Gasteiger charge is -2.30. The van der Waals surface area contributed by atoms with Gasteiger partial charge in [-0.15, -0.1) is 0 Å². The third kappa shape index (κ3) is 6.34. The molecule has 0 radical (unpaired) electrons. The molecule has 0 aromatic heterocycles. The minimum absolute atomic E-state index is 0.0252. The second-order valence-corrected chi connectivity index (χ2v) is 9.01. The average Bonchev–Trinajstić information content (AvgIpc) is 2.77. The van der Waals surface area contributed by atoms with Crippen molar-refractivity contribution in [1.82, 2.24) is 0 Å². The normalized spacial score (nSPS) is 15.8. The highest BCUT2D eigenvalue weighted by Gasteiger charge is 2.40. The quantitative estimate of drug-likeness (QED) is 0.458. The molecule has 0 atom stereocenters. The molecule has 1 aliphatic rings.